The van der Waals surface area contributed by atoms with Crippen molar-refractivity contribution in [1.82, 2.24) is 0 Å². The fraction of sp³-hybridized carbons (Fsp3) is 0.0909. The van der Waals surface area contributed by atoms with Gasteiger partial charge < -0.3 is 5.73 Å². The highest BCUT2D eigenvalue weighted by Crippen LogP contribution is 2.25. The lowest BCUT2D eigenvalue weighted by Crippen LogP contribution is -2.14. The van der Waals surface area contributed by atoms with Crippen molar-refractivity contribution in [3.8, 4) is 0 Å². The Balaban J connectivity index is 2.36. The molecule has 102 valence electrons. The maximum Gasteiger partial charge on any atom is 0.271 e. The first-order valence-corrected chi connectivity index (χ1v) is 7.54. The van der Waals surface area contributed by atoms with E-state index in [2.05, 4.69) is 0 Å². The molecule has 0 fully saturated rings. The zero-order valence-electron chi connectivity index (χ0n) is 9.56. The maximum atomic E-state index is 13.4. The van der Waals surface area contributed by atoms with Crippen molar-refractivity contribution >= 4 is 27.0 Å². The molecule has 0 saturated heterocycles. The van der Waals surface area contributed by atoms with E-state index in [4.69, 9.17) is 5.73 Å². The number of hydrogen-bond donors (Lipinski definition) is 2. The molecule has 0 aliphatic carbocycles. The molecular weight excluding hydrogens is 294 g/mol. The van der Waals surface area contributed by atoms with E-state index in [1.165, 1.54) is 6.07 Å². The van der Waals surface area contributed by atoms with E-state index in [9.17, 15) is 17.2 Å². The summed E-state index contributed by atoms with van der Waals surface area (Å²) in [7, 11) is -4.01. The molecule has 2 aromatic rings. The molecule has 0 spiro atoms. The fourth-order valence-corrected chi connectivity index (χ4v) is 3.68. The van der Waals surface area contributed by atoms with Gasteiger partial charge in [-0.3, -0.25) is 4.72 Å². The van der Waals surface area contributed by atoms with Crippen LogP contribution in [0.3, 0.4) is 0 Å². The summed E-state index contributed by atoms with van der Waals surface area (Å²) in [6, 6.07) is 4.47. The van der Waals surface area contributed by atoms with Crippen molar-refractivity contribution in [3.63, 3.8) is 0 Å². The molecule has 1 aromatic heterocycles. The molecule has 0 radical (unpaired) electrons. The summed E-state index contributed by atoms with van der Waals surface area (Å²) < 4.78 is 52.5. The van der Waals surface area contributed by atoms with Crippen LogP contribution < -0.4 is 10.5 Å². The second-order valence-electron chi connectivity index (χ2n) is 3.68. The first-order chi connectivity index (χ1) is 8.94. The Morgan fingerprint density at radius 3 is 2.42 bits per heavy atom. The number of anilines is 1. The van der Waals surface area contributed by atoms with Gasteiger partial charge in [-0.1, -0.05) is 6.07 Å². The van der Waals surface area contributed by atoms with Crippen molar-refractivity contribution in [1.29, 1.82) is 0 Å². The van der Waals surface area contributed by atoms with E-state index >= 15 is 0 Å². The quantitative estimate of drug-likeness (QED) is 0.910. The minimum atomic E-state index is -4.01. The van der Waals surface area contributed by atoms with Crippen LogP contribution in [0.4, 0.5) is 14.5 Å². The molecule has 0 amide bonds. The number of para-hydroxylation sites is 1. The van der Waals surface area contributed by atoms with Crippen molar-refractivity contribution < 1.29 is 17.2 Å². The van der Waals surface area contributed by atoms with Crippen molar-refractivity contribution in [2.24, 2.45) is 5.73 Å². The van der Waals surface area contributed by atoms with E-state index in [0.717, 1.165) is 29.5 Å². The molecule has 0 bridgehead atoms. The Kier molecular flexibility index (Phi) is 3.83. The lowest BCUT2D eigenvalue weighted by atomic mass is 10.3. The Hall–Kier alpha value is -1.51. The van der Waals surface area contributed by atoms with Crippen LogP contribution in [-0.2, 0) is 16.6 Å². The van der Waals surface area contributed by atoms with E-state index in [1.54, 1.807) is 5.38 Å². The highest BCUT2D eigenvalue weighted by atomic mass is 32.2. The molecular formula is C11H10F2N2O2S2. The number of hydrogen-bond acceptors (Lipinski definition) is 4. The smallest absolute Gasteiger partial charge is 0.271 e. The van der Waals surface area contributed by atoms with Crippen LogP contribution in [0, 0.1) is 11.6 Å². The van der Waals surface area contributed by atoms with Gasteiger partial charge in [0.2, 0.25) is 0 Å². The Morgan fingerprint density at radius 1 is 1.26 bits per heavy atom. The van der Waals surface area contributed by atoms with Crippen LogP contribution in [0.1, 0.15) is 5.56 Å². The van der Waals surface area contributed by atoms with Crippen molar-refractivity contribution in [2.45, 2.75) is 10.8 Å². The summed E-state index contributed by atoms with van der Waals surface area (Å²) in [6.45, 7) is 0.195. The minimum Gasteiger partial charge on any atom is -0.326 e. The molecule has 2 rings (SSSR count). The zero-order valence-corrected chi connectivity index (χ0v) is 11.2. The average Bonchev–Trinajstić information content (AvgIpc) is 2.83. The first-order valence-electron chi connectivity index (χ1n) is 5.18. The molecule has 1 aromatic carbocycles. The predicted molar refractivity (Wildman–Crippen MR) is 69.4 cm³/mol. The van der Waals surface area contributed by atoms with E-state index < -0.39 is 27.3 Å². The molecule has 0 atom stereocenters. The van der Waals surface area contributed by atoms with Gasteiger partial charge in [-0.25, -0.2) is 17.2 Å². The SMILES string of the molecule is NCc1csc(S(=O)(=O)Nc2c(F)cccc2F)c1. The Labute approximate surface area is 112 Å². The molecule has 3 N–H and O–H groups in total. The second kappa shape index (κ2) is 5.24. The summed E-state index contributed by atoms with van der Waals surface area (Å²) in [5.41, 5.74) is 5.33. The molecule has 8 heteroatoms. The summed E-state index contributed by atoms with van der Waals surface area (Å²) in [4.78, 5) is 0. The average molecular weight is 304 g/mol. The predicted octanol–water partition coefficient (Wildman–Crippen LogP) is 2.29. The standard InChI is InChI=1S/C11H10F2N2O2S2/c12-8-2-1-3-9(13)11(8)15-19(16,17)10-4-7(5-14)6-18-10/h1-4,6,15H,5,14H2. The lowest BCUT2D eigenvalue weighted by molar-refractivity contribution is 0.583. The first kappa shape index (κ1) is 13.9. The molecule has 0 unspecified atom stereocenters. The fourth-order valence-electron chi connectivity index (χ4n) is 1.38. The monoisotopic (exact) mass is 304 g/mol. The molecule has 19 heavy (non-hydrogen) atoms. The molecule has 0 aliphatic rings. The number of nitrogens with two attached hydrogens (primary N) is 1. The Bertz CT molecular complexity index is 678. The normalized spacial score (nSPS) is 11.5. The Morgan fingerprint density at radius 2 is 1.89 bits per heavy atom. The van der Waals surface area contributed by atoms with Gasteiger partial charge in [0.25, 0.3) is 10.0 Å². The summed E-state index contributed by atoms with van der Waals surface area (Å²) in [5.74, 6) is -1.95. The third-order valence-electron chi connectivity index (χ3n) is 2.33. The van der Waals surface area contributed by atoms with Gasteiger partial charge in [0, 0.05) is 6.54 Å². The highest BCUT2D eigenvalue weighted by Gasteiger charge is 2.20. The molecule has 0 aliphatic heterocycles. The van der Waals surface area contributed by atoms with Crippen LogP contribution in [-0.4, -0.2) is 8.42 Å². The highest BCUT2D eigenvalue weighted by molar-refractivity contribution is 7.94. The summed E-state index contributed by atoms with van der Waals surface area (Å²) in [6.07, 6.45) is 0. The van der Waals surface area contributed by atoms with E-state index in [1.807, 2.05) is 4.72 Å². The van der Waals surface area contributed by atoms with Crippen LogP contribution >= 0.6 is 11.3 Å². The van der Waals surface area contributed by atoms with Gasteiger partial charge in [0.05, 0.1) is 0 Å². The van der Waals surface area contributed by atoms with Crippen LogP contribution in [0.5, 0.6) is 0 Å². The number of rotatable bonds is 4. The van der Waals surface area contributed by atoms with Crippen LogP contribution in [0.2, 0.25) is 0 Å². The summed E-state index contributed by atoms with van der Waals surface area (Å²) in [5, 5.41) is 1.58. The third kappa shape index (κ3) is 2.91. The van der Waals surface area contributed by atoms with E-state index in [0.29, 0.717) is 5.56 Å². The second-order valence-corrected chi connectivity index (χ2v) is 6.50. The van der Waals surface area contributed by atoms with Gasteiger partial charge in [-0.05, 0) is 29.1 Å². The van der Waals surface area contributed by atoms with Gasteiger partial charge in [0.1, 0.15) is 21.5 Å². The molecule has 0 saturated carbocycles. The number of halogens is 2. The lowest BCUT2D eigenvalue weighted by Gasteiger charge is -2.07. The van der Waals surface area contributed by atoms with Crippen LogP contribution in [0.25, 0.3) is 0 Å². The maximum absolute atomic E-state index is 13.4. The molecule has 1 heterocycles. The van der Waals surface area contributed by atoms with Gasteiger partial charge in [-0.15, -0.1) is 11.3 Å². The minimum absolute atomic E-state index is 0.0457. The third-order valence-corrected chi connectivity index (χ3v) is 5.17. The van der Waals surface area contributed by atoms with Crippen molar-refractivity contribution in [3.05, 3.63) is 46.8 Å². The van der Waals surface area contributed by atoms with Gasteiger partial charge in [0.15, 0.2) is 0 Å². The summed E-state index contributed by atoms with van der Waals surface area (Å²) >= 11 is 0.937. The van der Waals surface area contributed by atoms with Crippen molar-refractivity contribution in [2.75, 3.05) is 4.72 Å². The van der Waals surface area contributed by atoms with Gasteiger partial charge in [-0.2, -0.15) is 0 Å². The van der Waals surface area contributed by atoms with Crippen LogP contribution in [0.15, 0.2) is 33.9 Å². The number of sulfonamides is 1. The molecule has 4 nitrogen and oxygen atoms in total. The largest absolute Gasteiger partial charge is 0.326 e. The zero-order chi connectivity index (χ0) is 14.0. The number of thiophene rings is 1. The number of nitrogens with one attached hydrogen (secondary N) is 1. The topological polar surface area (TPSA) is 72.2 Å². The van der Waals surface area contributed by atoms with Gasteiger partial charge >= 0.3 is 0 Å². The van der Waals surface area contributed by atoms with E-state index in [-0.39, 0.29) is 10.8 Å². The number of benzene rings is 1.